The number of fused-ring (bicyclic) bond motifs is 3. The number of carbonyl (C=O) groups excluding carboxylic acids is 1. The quantitative estimate of drug-likeness (QED) is 0.264. The SMILES string of the molecule is O=C(NC(Cc1ccc(-c2cc(Cl)cc(Cl)c2)cc1)C(=O)O)OCC1c2ccccc2-c2ccccc21. The third-order valence-corrected chi connectivity index (χ3v) is 6.96. The molecule has 1 amide bonds. The van der Waals surface area contributed by atoms with Crippen LogP contribution in [0.5, 0.6) is 0 Å². The Kier molecular flexibility index (Phi) is 7.17. The second-order valence-corrected chi connectivity index (χ2v) is 9.79. The molecule has 2 N–H and O–H groups in total. The number of benzene rings is 4. The number of carbonyl (C=O) groups is 2. The molecule has 0 saturated heterocycles. The number of amides is 1. The first kappa shape index (κ1) is 24.9. The van der Waals surface area contributed by atoms with Gasteiger partial charge in [0, 0.05) is 22.4 Å². The van der Waals surface area contributed by atoms with Gasteiger partial charge in [0.05, 0.1) is 0 Å². The zero-order chi connectivity index (χ0) is 25.9. The number of aliphatic carboxylic acids is 1. The van der Waals surface area contributed by atoms with Gasteiger partial charge in [-0.15, -0.1) is 0 Å². The van der Waals surface area contributed by atoms with E-state index in [1.165, 1.54) is 0 Å². The van der Waals surface area contributed by atoms with Crippen LogP contribution in [0, 0.1) is 0 Å². The van der Waals surface area contributed by atoms with Crippen molar-refractivity contribution in [1.29, 1.82) is 0 Å². The first-order valence-electron chi connectivity index (χ1n) is 11.8. The molecule has 5 rings (SSSR count). The maximum absolute atomic E-state index is 12.6. The molecule has 1 atom stereocenters. The Morgan fingerprint density at radius 3 is 1.95 bits per heavy atom. The fraction of sp³-hybridized carbons (Fsp3) is 0.133. The van der Waals surface area contributed by atoms with Gasteiger partial charge in [0.2, 0.25) is 0 Å². The standard InChI is InChI=1S/C30H23Cl2NO4/c31-21-14-20(15-22(32)16-21)19-11-9-18(10-12-19)13-28(29(34)35)33-30(36)37-17-27-25-7-3-1-5-23(25)24-6-2-4-8-26(24)27/h1-12,14-16,27-28H,13,17H2,(H,33,36)(H,34,35). The molecule has 7 heteroatoms. The number of carboxylic acids is 1. The van der Waals surface area contributed by atoms with E-state index >= 15 is 0 Å². The van der Waals surface area contributed by atoms with Crippen molar-refractivity contribution in [1.82, 2.24) is 5.32 Å². The molecule has 0 spiro atoms. The summed E-state index contributed by atoms with van der Waals surface area (Å²) < 4.78 is 5.52. The largest absolute Gasteiger partial charge is 0.480 e. The van der Waals surface area contributed by atoms with E-state index in [4.69, 9.17) is 27.9 Å². The van der Waals surface area contributed by atoms with Gasteiger partial charge in [-0.3, -0.25) is 0 Å². The number of hydrogen-bond donors (Lipinski definition) is 2. The molecule has 37 heavy (non-hydrogen) atoms. The Labute approximate surface area is 224 Å². The lowest BCUT2D eigenvalue weighted by atomic mass is 9.98. The van der Waals surface area contributed by atoms with Gasteiger partial charge >= 0.3 is 12.1 Å². The summed E-state index contributed by atoms with van der Waals surface area (Å²) in [4.78, 5) is 24.5. The first-order valence-corrected chi connectivity index (χ1v) is 12.5. The van der Waals surface area contributed by atoms with Gasteiger partial charge in [-0.1, -0.05) is 96.0 Å². The molecule has 0 radical (unpaired) electrons. The molecular formula is C30H23Cl2NO4. The summed E-state index contributed by atoms with van der Waals surface area (Å²) in [6.07, 6.45) is -0.657. The topological polar surface area (TPSA) is 75.6 Å². The van der Waals surface area contributed by atoms with Crippen LogP contribution in [0.25, 0.3) is 22.3 Å². The maximum Gasteiger partial charge on any atom is 0.407 e. The summed E-state index contributed by atoms with van der Waals surface area (Å²) in [7, 11) is 0. The second kappa shape index (κ2) is 10.7. The van der Waals surface area contributed by atoms with Crippen LogP contribution in [0.2, 0.25) is 10.0 Å². The van der Waals surface area contributed by atoms with Crippen LogP contribution in [0.1, 0.15) is 22.6 Å². The van der Waals surface area contributed by atoms with Gasteiger partial charge in [0.25, 0.3) is 0 Å². The van der Waals surface area contributed by atoms with E-state index in [1.54, 1.807) is 18.2 Å². The lowest BCUT2D eigenvalue weighted by Crippen LogP contribution is -2.42. The zero-order valence-corrected chi connectivity index (χ0v) is 21.2. The molecule has 0 saturated carbocycles. The van der Waals surface area contributed by atoms with Gasteiger partial charge in [0.15, 0.2) is 0 Å². The fourth-order valence-electron chi connectivity index (χ4n) is 4.77. The number of halogens is 2. The van der Waals surface area contributed by atoms with E-state index in [-0.39, 0.29) is 18.9 Å². The molecule has 0 bridgehead atoms. The highest BCUT2D eigenvalue weighted by atomic mass is 35.5. The van der Waals surface area contributed by atoms with Crippen LogP contribution in [0.3, 0.4) is 0 Å². The smallest absolute Gasteiger partial charge is 0.407 e. The lowest BCUT2D eigenvalue weighted by molar-refractivity contribution is -0.139. The number of alkyl carbamates (subject to hydrolysis) is 1. The zero-order valence-electron chi connectivity index (χ0n) is 19.7. The molecule has 1 aliphatic rings. The van der Waals surface area contributed by atoms with Crippen molar-refractivity contribution in [3.8, 4) is 22.3 Å². The van der Waals surface area contributed by atoms with E-state index in [2.05, 4.69) is 17.4 Å². The normalized spacial score (nSPS) is 12.9. The third-order valence-electron chi connectivity index (χ3n) is 6.52. The van der Waals surface area contributed by atoms with Crippen molar-refractivity contribution in [3.63, 3.8) is 0 Å². The Balaban J connectivity index is 1.23. The fourth-order valence-corrected chi connectivity index (χ4v) is 5.30. The highest BCUT2D eigenvalue weighted by Crippen LogP contribution is 2.44. The minimum Gasteiger partial charge on any atom is -0.480 e. The summed E-state index contributed by atoms with van der Waals surface area (Å²) in [5, 5.41) is 13.3. The Morgan fingerprint density at radius 1 is 0.811 bits per heavy atom. The van der Waals surface area contributed by atoms with Crippen molar-refractivity contribution in [2.45, 2.75) is 18.4 Å². The van der Waals surface area contributed by atoms with Crippen LogP contribution in [0.4, 0.5) is 4.79 Å². The second-order valence-electron chi connectivity index (χ2n) is 8.92. The van der Waals surface area contributed by atoms with Crippen molar-refractivity contribution >= 4 is 35.3 Å². The van der Waals surface area contributed by atoms with Crippen LogP contribution in [-0.2, 0) is 16.0 Å². The maximum atomic E-state index is 12.6. The van der Waals surface area contributed by atoms with E-state index in [0.29, 0.717) is 10.0 Å². The molecular weight excluding hydrogens is 509 g/mol. The third kappa shape index (κ3) is 5.48. The Morgan fingerprint density at radius 2 is 1.38 bits per heavy atom. The molecule has 186 valence electrons. The van der Waals surface area contributed by atoms with Crippen LogP contribution in [0.15, 0.2) is 91.0 Å². The Bertz CT molecular complexity index is 1400. The van der Waals surface area contributed by atoms with Crippen molar-refractivity contribution < 1.29 is 19.4 Å². The van der Waals surface area contributed by atoms with Gasteiger partial charge in [-0.05, 0) is 57.1 Å². The lowest BCUT2D eigenvalue weighted by Gasteiger charge is -2.17. The highest BCUT2D eigenvalue weighted by Gasteiger charge is 2.29. The average molecular weight is 532 g/mol. The summed E-state index contributed by atoms with van der Waals surface area (Å²) in [6, 6.07) is 27.6. The summed E-state index contributed by atoms with van der Waals surface area (Å²) in [5.41, 5.74) is 6.93. The number of nitrogens with one attached hydrogen (secondary N) is 1. The van der Waals surface area contributed by atoms with E-state index in [1.807, 2.05) is 60.7 Å². The predicted octanol–water partition coefficient (Wildman–Crippen LogP) is 7.19. The van der Waals surface area contributed by atoms with Gasteiger partial charge in [-0.2, -0.15) is 0 Å². The monoisotopic (exact) mass is 531 g/mol. The molecule has 4 aromatic rings. The van der Waals surface area contributed by atoms with Crippen LogP contribution in [-0.4, -0.2) is 29.8 Å². The molecule has 1 aliphatic carbocycles. The molecule has 0 fully saturated rings. The van der Waals surface area contributed by atoms with Gasteiger partial charge in [0.1, 0.15) is 12.6 Å². The van der Waals surface area contributed by atoms with E-state index in [9.17, 15) is 14.7 Å². The van der Waals surface area contributed by atoms with E-state index in [0.717, 1.165) is 38.9 Å². The van der Waals surface area contributed by atoms with Gasteiger partial charge in [-0.25, -0.2) is 9.59 Å². The first-order chi connectivity index (χ1) is 17.9. The average Bonchev–Trinajstić information content (AvgIpc) is 3.20. The minimum atomic E-state index is -1.14. The van der Waals surface area contributed by atoms with Crippen LogP contribution >= 0.6 is 23.2 Å². The van der Waals surface area contributed by atoms with Crippen molar-refractivity contribution in [2.75, 3.05) is 6.61 Å². The minimum absolute atomic E-state index is 0.103. The molecule has 0 aromatic heterocycles. The Hall–Kier alpha value is -3.80. The summed E-state index contributed by atoms with van der Waals surface area (Å²) in [6.45, 7) is 0.114. The summed E-state index contributed by atoms with van der Waals surface area (Å²) >= 11 is 12.2. The molecule has 4 aromatic carbocycles. The van der Waals surface area contributed by atoms with Gasteiger partial charge < -0.3 is 15.2 Å². The molecule has 1 unspecified atom stereocenters. The van der Waals surface area contributed by atoms with Crippen molar-refractivity contribution in [2.24, 2.45) is 0 Å². The molecule has 5 nitrogen and oxygen atoms in total. The number of carboxylic acid groups (broad SMARTS) is 1. The molecule has 0 heterocycles. The summed E-state index contributed by atoms with van der Waals surface area (Å²) in [5.74, 6) is -1.24. The number of ether oxygens (including phenoxy) is 1. The van der Waals surface area contributed by atoms with Crippen LogP contribution < -0.4 is 5.32 Å². The van der Waals surface area contributed by atoms with E-state index < -0.39 is 18.1 Å². The highest BCUT2D eigenvalue weighted by molar-refractivity contribution is 6.35. The number of hydrogen-bond acceptors (Lipinski definition) is 3. The number of rotatable bonds is 7. The molecule has 0 aliphatic heterocycles. The predicted molar refractivity (Wildman–Crippen MR) is 145 cm³/mol. The van der Waals surface area contributed by atoms with Crippen molar-refractivity contribution in [3.05, 3.63) is 118 Å².